The molecule has 0 bridgehead atoms. The molecule has 0 spiro atoms. The van der Waals surface area contributed by atoms with E-state index in [1.54, 1.807) is 23.1 Å². The molecule has 1 amide bonds. The monoisotopic (exact) mass is 318 g/mol. The van der Waals surface area contributed by atoms with Crippen LogP contribution in [0, 0.1) is 6.92 Å². The molecule has 0 aromatic carbocycles. The summed E-state index contributed by atoms with van der Waals surface area (Å²) in [6.45, 7) is 5.73. The maximum Gasteiger partial charge on any atom is 0.241 e. The molecule has 3 rings (SSSR count). The first-order valence-electron chi connectivity index (χ1n) is 7.84. The molecule has 1 atom stereocenters. The number of aryl methyl sites for hydroxylation is 1. The van der Waals surface area contributed by atoms with Gasteiger partial charge in [-0.25, -0.2) is 0 Å². The Morgan fingerprint density at radius 2 is 2.22 bits per heavy atom. The fraction of sp³-hybridized carbons (Fsp3) is 0.500. The van der Waals surface area contributed by atoms with E-state index in [0.29, 0.717) is 19.8 Å². The molecule has 7 heteroatoms. The van der Waals surface area contributed by atoms with Crippen LogP contribution >= 0.6 is 0 Å². The van der Waals surface area contributed by atoms with E-state index in [1.165, 1.54) is 0 Å². The average molecular weight is 318 g/mol. The van der Waals surface area contributed by atoms with Gasteiger partial charge in [-0.05, 0) is 25.1 Å². The van der Waals surface area contributed by atoms with Crippen molar-refractivity contribution >= 4 is 5.91 Å². The lowest BCUT2D eigenvalue weighted by Gasteiger charge is -2.33. The summed E-state index contributed by atoms with van der Waals surface area (Å²) < 4.78 is 12.8. The van der Waals surface area contributed by atoms with Crippen LogP contribution in [-0.4, -0.2) is 53.4 Å². The van der Waals surface area contributed by atoms with E-state index in [2.05, 4.69) is 15.3 Å². The molecule has 0 saturated carbocycles. The highest BCUT2D eigenvalue weighted by Gasteiger charge is 2.25. The van der Waals surface area contributed by atoms with Gasteiger partial charge in [0.1, 0.15) is 18.1 Å². The molecule has 3 heterocycles. The van der Waals surface area contributed by atoms with Gasteiger partial charge in [0.15, 0.2) is 0 Å². The second-order valence-electron chi connectivity index (χ2n) is 5.62. The number of amides is 1. The fourth-order valence-corrected chi connectivity index (χ4v) is 2.74. The summed E-state index contributed by atoms with van der Waals surface area (Å²) in [5.41, 5.74) is 0. The van der Waals surface area contributed by atoms with E-state index in [9.17, 15) is 4.79 Å². The van der Waals surface area contributed by atoms with E-state index in [4.69, 9.17) is 9.15 Å². The maximum atomic E-state index is 12.1. The van der Waals surface area contributed by atoms with Gasteiger partial charge in [-0.15, -0.1) is 0 Å². The summed E-state index contributed by atoms with van der Waals surface area (Å²) in [5.74, 6) is 1.69. The third-order valence-corrected chi connectivity index (χ3v) is 3.93. The van der Waals surface area contributed by atoms with Crippen molar-refractivity contribution in [3.8, 4) is 0 Å². The number of hydrogen-bond acceptors (Lipinski definition) is 5. The molecule has 7 nitrogen and oxygen atoms in total. The highest BCUT2D eigenvalue weighted by atomic mass is 16.5. The number of nitrogens with zero attached hydrogens (tertiary/aromatic N) is 3. The van der Waals surface area contributed by atoms with Gasteiger partial charge in [-0.3, -0.25) is 14.4 Å². The quantitative estimate of drug-likeness (QED) is 0.859. The molecule has 124 valence electrons. The number of ether oxygens (including phenoxy) is 1. The Morgan fingerprint density at radius 1 is 1.39 bits per heavy atom. The minimum Gasteiger partial charge on any atom is -0.465 e. The third-order valence-electron chi connectivity index (χ3n) is 3.93. The predicted molar refractivity (Wildman–Crippen MR) is 83.8 cm³/mol. The van der Waals surface area contributed by atoms with Gasteiger partial charge in [-0.1, -0.05) is 0 Å². The average Bonchev–Trinajstić information content (AvgIpc) is 3.21. The first kappa shape index (κ1) is 15.8. The van der Waals surface area contributed by atoms with Crippen LogP contribution < -0.4 is 5.32 Å². The summed E-state index contributed by atoms with van der Waals surface area (Å²) >= 11 is 0. The molecule has 23 heavy (non-hydrogen) atoms. The predicted octanol–water partition coefficient (Wildman–Crippen LogP) is 0.974. The summed E-state index contributed by atoms with van der Waals surface area (Å²) in [7, 11) is 0. The molecule has 1 N–H and O–H groups in total. The molecular weight excluding hydrogens is 296 g/mol. The van der Waals surface area contributed by atoms with Crippen molar-refractivity contribution in [2.24, 2.45) is 0 Å². The second kappa shape index (κ2) is 7.43. The smallest absolute Gasteiger partial charge is 0.241 e. The van der Waals surface area contributed by atoms with Crippen LogP contribution in [0.15, 0.2) is 35.0 Å². The van der Waals surface area contributed by atoms with Gasteiger partial charge in [0.05, 0.1) is 19.3 Å². The molecule has 0 radical (unpaired) electrons. The van der Waals surface area contributed by atoms with E-state index in [1.807, 2.05) is 19.1 Å². The van der Waals surface area contributed by atoms with E-state index in [-0.39, 0.29) is 18.5 Å². The highest BCUT2D eigenvalue weighted by molar-refractivity contribution is 5.75. The first-order chi connectivity index (χ1) is 11.2. The molecule has 1 aliphatic rings. The van der Waals surface area contributed by atoms with Gasteiger partial charge < -0.3 is 14.5 Å². The lowest BCUT2D eigenvalue weighted by Crippen LogP contribution is -2.44. The summed E-state index contributed by atoms with van der Waals surface area (Å²) in [4.78, 5) is 14.4. The summed E-state index contributed by atoms with van der Waals surface area (Å²) in [6.07, 6.45) is 3.43. The van der Waals surface area contributed by atoms with Crippen LogP contribution in [-0.2, 0) is 16.1 Å². The van der Waals surface area contributed by atoms with Gasteiger partial charge >= 0.3 is 0 Å². The molecule has 2 aromatic rings. The summed E-state index contributed by atoms with van der Waals surface area (Å²) in [6, 6.07) is 5.76. The highest BCUT2D eigenvalue weighted by Crippen LogP contribution is 2.23. The SMILES string of the molecule is Cc1ccc(C(CNC(=O)Cn2cccn2)N2CCOCC2)o1. The number of nitrogens with one attached hydrogen (secondary N) is 1. The zero-order chi connectivity index (χ0) is 16.1. The van der Waals surface area contributed by atoms with Crippen molar-refractivity contribution in [3.63, 3.8) is 0 Å². The Balaban J connectivity index is 1.62. The van der Waals surface area contributed by atoms with Crippen LogP contribution in [0.4, 0.5) is 0 Å². The summed E-state index contributed by atoms with van der Waals surface area (Å²) in [5, 5.41) is 7.03. The molecule has 0 aliphatic carbocycles. The number of rotatable bonds is 6. The molecule has 2 aromatic heterocycles. The Morgan fingerprint density at radius 3 is 2.87 bits per heavy atom. The Bertz CT molecular complexity index is 617. The number of morpholine rings is 1. The van der Waals surface area contributed by atoms with Gasteiger partial charge in [0, 0.05) is 32.0 Å². The number of furan rings is 1. The Hall–Kier alpha value is -2.12. The minimum absolute atomic E-state index is 0.0224. The number of carbonyl (C=O) groups is 1. The van der Waals surface area contributed by atoms with E-state index in [0.717, 1.165) is 24.6 Å². The first-order valence-corrected chi connectivity index (χ1v) is 7.84. The Kier molecular flexibility index (Phi) is 5.09. The normalized spacial score (nSPS) is 17.1. The van der Waals surface area contributed by atoms with E-state index < -0.39 is 0 Å². The van der Waals surface area contributed by atoms with Crippen LogP contribution in [0.2, 0.25) is 0 Å². The van der Waals surface area contributed by atoms with Crippen LogP contribution in [0.3, 0.4) is 0 Å². The van der Waals surface area contributed by atoms with Crippen LogP contribution in [0.5, 0.6) is 0 Å². The number of carbonyl (C=O) groups excluding carboxylic acids is 1. The number of aromatic nitrogens is 2. The lowest BCUT2D eigenvalue weighted by molar-refractivity contribution is -0.122. The van der Waals surface area contributed by atoms with Crippen LogP contribution in [0.1, 0.15) is 17.6 Å². The molecule has 1 fully saturated rings. The number of hydrogen-bond donors (Lipinski definition) is 1. The zero-order valence-corrected chi connectivity index (χ0v) is 13.3. The zero-order valence-electron chi connectivity index (χ0n) is 13.3. The van der Waals surface area contributed by atoms with Gasteiger partial charge in [-0.2, -0.15) is 5.10 Å². The van der Waals surface area contributed by atoms with Crippen molar-refractivity contribution in [1.82, 2.24) is 20.0 Å². The van der Waals surface area contributed by atoms with Gasteiger partial charge in [0.25, 0.3) is 0 Å². The van der Waals surface area contributed by atoms with Crippen LogP contribution in [0.25, 0.3) is 0 Å². The van der Waals surface area contributed by atoms with Crippen molar-refractivity contribution in [3.05, 3.63) is 42.1 Å². The van der Waals surface area contributed by atoms with E-state index >= 15 is 0 Å². The standard InChI is InChI=1S/C16H22N4O3/c1-13-3-4-15(23-13)14(19-7-9-22-10-8-19)11-17-16(21)12-20-6-2-5-18-20/h2-6,14H,7-12H2,1H3,(H,17,21). The third kappa shape index (κ3) is 4.20. The molecule has 1 unspecified atom stereocenters. The molecule has 1 aliphatic heterocycles. The molecule has 1 saturated heterocycles. The minimum atomic E-state index is -0.0600. The second-order valence-corrected chi connectivity index (χ2v) is 5.62. The van der Waals surface area contributed by atoms with Gasteiger partial charge in [0.2, 0.25) is 5.91 Å². The van der Waals surface area contributed by atoms with Crippen molar-refractivity contribution in [2.45, 2.75) is 19.5 Å². The fourth-order valence-electron chi connectivity index (χ4n) is 2.74. The Labute approximate surface area is 135 Å². The van der Waals surface area contributed by atoms with Crippen molar-refractivity contribution < 1.29 is 13.9 Å². The van der Waals surface area contributed by atoms with Crippen molar-refractivity contribution in [1.29, 1.82) is 0 Å². The maximum absolute atomic E-state index is 12.1. The largest absolute Gasteiger partial charge is 0.465 e. The molecular formula is C16H22N4O3. The lowest BCUT2D eigenvalue weighted by atomic mass is 10.1. The van der Waals surface area contributed by atoms with Crippen molar-refractivity contribution in [2.75, 3.05) is 32.8 Å². The topological polar surface area (TPSA) is 72.5 Å².